The normalized spacial score (nSPS) is 18.8. The van der Waals surface area contributed by atoms with Crippen LogP contribution in [0.4, 0.5) is 10.5 Å². The van der Waals surface area contributed by atoms with Crippen molar-refractivity contribution in [2.24, 2.45) is 5.73 Å². The Kier molecular flexibility index (Phi) is 6.56. The van der Waals surface area contributed by atoms with E-state index in [2.05, 4.69) is 39.5 Å². The molecule has 26 heavy (non-hydrogen) atoms. The summed E-state index contributed by atoms with van der Waals surface area (Å²) in [5, 5.41) is 13.8. The van der Waals surface area contributed by atoms with Crippen LogP contribution < -0.4 is 31.9 Å². The molecule has 1 aromatic carbocycles. The summed E-state index contributed by atoms with van der Waals surface area (Å²) in [7, 11) is 0. The number of urea groups is 1. The first-order valence-electron chi connectivity index (χ1n) is 8.75. The Bertz CT molecular complexity index is 687. The number of rotatable bonds is 9. The van der Waals surface area contributed by atoms with Crippen LogP contribution in [0.15, 0.2) is 47.1 Å². The van der Waals surface area contributed by atoms with Crippen molar-refractivity contribution >= 4 is 23.5 Å². The first-order chi connectivity index (χ1) is 12.7. The van der Waals surface area contributed by atoms with E-state index in [9.17, 15) is 4.79 Å². The fourth-order valence-corrected chi connectivity index (χ4v) is 3.38. The zero-order valence-corrected chi connectivity index (χ0v) is 15.7. The van der Waals surface area contributed by atoms with Crippen LogP contribution >= 0.6 is 11.8 Å². The quantitative estimate of drug-likeness (QED) is 0.330. The van der Waals surface area contributed by atoms with Crippen LogP contribution in [0.3, 0.4) is 0 Å². The summed E-state index contributed by atoms with van der Waals surface area (Å²) in [4.78, 5) is 14.0. The molecule has 7 nitrogen and oxygen atoms in total. The van der Waals surface area contributed by atoms with Crippen molar-refractivity contribution in [1.82, 2.24) is 21.3 Å². The Balaban J connectivity index is 1.57. The monoisotopic (exact) mass is 374 g/mol. The fourth-order valence-electron chi connectivity index (χ4n) is 2.89. The summed E-state index contributed by atoms with van der Waals surface area (Å²) in [6.45, 7) is 3.19. The lowest BCUT2D eigenvalue weighted by Crippen LogP contribution is -2.51. The SMILES string of the molecule is CSC1=CC2=CN(c3ccc(CNCCCNCN)cc3)C(=O)NC2N1. The lowest BCUT2D eigenvalue weighted by molar-refractivity contribution is 0.244. The van der Waals surface area contributed by atoms with Gasteiger partial charge in [-0.3, -0.25) is 4.90 Å². The molecule has 0 radical (unpaired) electrons. The molecule has 0 fully saturated rings. The van der Waals surface area contributed by atoms with E-state index in [0.717, 1.165) is 42.3 Å². The standard InChI is InChI=1S/C18H26N6OS/c1-26-16-9-14-11-24(18(25)23-17(14)22-16)15-5-3-13(4-6-15)10-20-7-2-8-21-12-19/h3-6,9,11,17,20-22H,2,7-8,10,12,19H2,1H3,(H,23,25). The minimum Gasteiger partial charge on any atom is -0.356 e. The van der Waals surface area contributed by atoms with Gasteiger partial charge in [0.25, 0.3) is 0 Å². The van der Waals surface area contributed by atoms with Gasteiger partial charge in [-0.15, -0.1) is 11.8 Å². The maximum absolute atomic E-state index is 12.4. The molecule has 140 valence electrons. The zero-order valence-electron chi connectivity index (χ0n) is 14.9. The van der Waals surface area contributed by atoms with Gasteiger partial charge in [0, 0.05) is 25.0 Å². The molecule has 0 spiro atoms. The molecule has 3 rings (SSSR count). The minimum atomic E-state index is -0.126. The molecule has 0 saturated heterocycles. The van der Waals surface area contributed by atoms with E-state index in [1.54, 1.807) is 16.7 Å². The Hall–Kier alpha value is -2.00. The predicted molar refractivity (Wildman–Crippen MR) is 107 cm³/mol. The van der Waals surface area contributed by atoms with Gasteiger partial charge in [-0.2, -0.15) is 0 Å². The number of carbonyl (C=O) groups excluding carboxylic acids is 1. The first kappa shape index (κ1) is 18.8. The largest absolute Gasteiger partial charge is 0.356 e. The van der Waals surface area contributed by atoms with Crippen molar-refractivity contribution in [3.63, 3.8) is 0 Å². The molecular formula is C18H26N6OS. The Labute approximate surface area is 158 Å². The van der Waals surface area contributed by atoms with Crippen LogP contribution in [0.25, 0.3) is 0 Å². The summed E-state index contributed by atoms with van der Waals surface area (Å²) < 4.78 is 0. The number of nitrogens with two attached hydrogens (primary N) is 1. The lowest BCUT2D eigenvalue weighted by Gasteiger charge is -2.29. The lowest BCUT2D eigenvalue weighted by atomic mass is 10.1. The van der Waals surface area contributed by atoms with Crippen molar-refractivity contribution in [2.75, 3.05) is 30.9 Å². The van der Waals surface area contributed by atoms with E-state index in [0.29, 0.717) is 6.67 Å². The van der Waals surface area contributed by atoms with Crippen molar-refractivity contribution in [3.8, 4) is 0 Å². The summed E-state index contributed by atoms with van der Waals surface area (Å²) in [6.07, 6.45) is 6.89. The molecule has 6 N–H and O–H groups in total. The zero-order chi connectivity index (χ0) is 18.4. The maximum atomic E-state index is 12.4. The van der Waals surface area contributed by atoms with Gasteiger partial charge < -0.3 is 27.0 Å². The van der Waals surface area contributed by atoms with Gasteiger partial charge in [0.05, 0.1) is 10.7 Å². The number of carbonyl (C=O) groups is 1. The van der Waals surface area contributed by atoms with Crippen molar-refractivity contribution in [2.45, 2.75) is 19.1 Å². The van der Waals surface area contributed by atoms with E-state index in [1.807, 2.05) is 24.6 Å². The third-order valence-electron chi connectivity index (χ3n) is 4.30. The second-order valence-electron chi connectivity index (χ2n) is 6.14. The molecule has 0 aromatic heterocycles. The third-order valence-corrected chi connectivity index (χ3v) is 4.97. The smallest absolute Gasteiger partial charge is 0.327 e. The van der Waals surface area contributed by atoms with Gasteiger partial charge in [0.15, 0.2) is 0 Å². The van der Waals surface area contributed by atoms with E-state index < -0.39 is 0 Å². The van der Waals surface area contributed by atoms with Crippen LogP contribution in [-0.2, 0) is 6.54 Å². The Morgan fingerprint density at radius 2 is 1.96 bits per heavy atom. The molecule has 0 bridgehead atoms. The maximum Gasteiger partial charge on any atom is 0.327 e. The molecule has 2 heterocycles. The number of hydrogen-bond donors (Lipinski definition) is 5. The van der Waals surface area contributed by atoms with E-state index in [4.69, 9.17) is 5.73 Å². The average molecular weight is 375 g/mol. The summed E-state index contributed by atoms with van der Waals surface area (Å²) in [5.41, 5.74) is 8.49. The molecule has 1 unspecified atom stereocenters. The van der Waals surface area contributed by atoms with Crippen molar-refractivity contribution in [3.05, 3.63) is 52.7 Å². The molecule has 1 atom stereocenters. The molecule has 1 aromatic rings. The number of hydrogen-bond acceptors (Lipinski definition) is 6. The van der Waals surface area contributed by atoms with E-state index >= 15 is 0 Å². The number of nitrogens with zero attached hydrogens (tertiary/aromatic N) is 1. The van der Waals surface area contributed by atoms with Gasteiger partial charge in [0.1, 0.15) is 6.17 Å². The second kappa shape index (κ2) is 9.09. The highest BCUT2D eigenvalue weighted by Gasteiger charge is 2.30. The molecule has 8 heteroatoms. The summed E-state index contributed by atoms with van der Waals surface area (Å²) in [6, 6.07) is 7.93. The molecular weight excluding hydrogens is 348 g/mol. The second-order valence-corrected chi connectivity index (χ2v) is 6.99. The fraction of sp³-hybridized carbons (Fsp3) is 0.389. The predicted octanol–water partition coefficient (Wildman–Crippen LogP) is 1.22. The van der Waals surface area contributed by atoms with E-state index in [-0.39, 0.29) is 12.2 Å². The van der Waals surface area contributed by atoms with Gasteiger partial charge in [-0.25, -0.2) is 4.79 Å². The number of fused-ring (bicyclic) bond motifs is 1. The van der Waals surface area contributed by atoms with E-state index in [1.165, 1.54) is 5.56 Å². The average Bonchev–Trinajstić information content (AvgIpc) is 3.06. The number of anilines is 1. The minimum absolute atomic E-state index is 0.125. The molecule has 2 aliphatic heterocycles. The molecule has 0 aliphatic carbocycles. The topological polar surface area (TPSA) is 94.4 Å². The van der Waals surface area contributed by atoms with Crippen LogP contribution in [-0.4, -0.2) is 38.2 Å². The van der Waals surface area contributed by atoms with Crippen LogP contribution in [0.2, 0.25) is 0 Å². The first-order valence-corrected chi connectivity index (χ1v) is 9.98. The van der Waals surface area contributed by atoms with Gasteiger partial charge in [-0.05, 0) is 49.5 Å². The molecule has 2 amide bonds. The van der Waals surface area contributed by atoms with Gasteiger partial charge >= 0.3 is 6.03 Å². The molecule has 2 aliphatic rings. The number of thioether (sulfide) groups is 1. The highest BCUT2D eigenvalue weighted by Crippen LogP contribution is 2.27. The Morgan fingerprint density at radius 3 is 2.69 bits per heavy atom. The number of nitrogens with one attached hydrogen (secondary N) is 4. The van der Waals surface area contributed by atoms with Crippen molar-refractivity contribution in [1.29, 1.82) is 0 Å². The van der Waals surface area contributed by atoms with Gasteiger partial charge in [-0.1, -0.05) is 12.1 Å². The Morgan fingerprint density at radius 1 is 1.19 bits per heavy atom. The third kappa shape index (κ3) is 4.59. The van der Waals surface area contributed by atoms with Crippen LogP contribution in [0.5, 0.6) is 0 Å². The van der Waals surface area contributed by atoms with Crippen LogP contribution in [0, 0.1) is 0 Å². The number of amides is 2. The number of benzene rings is 1. The van der Waals surface area contributed by atoms with Gasteiger partial charge in [0.2, 0.25) is 0 Å². The summed E-state index contributed by atoms with van der Waals surface area (Å²) >= 11 is 1.63. The highest BCUT2D eigenvalue weighted by molar-refractivity contribution is 8.02. The summed E-state index contributed by atoms with van der Waals surface area (Å²) in [5.74, 6) is 0. The highest BCUT2D eigenvalue weighted by atomic mass is 32.2. The molecule has 0 saturated carbocycles. The van der Waals surface area contributed by atoms with Crippen LogP contribution in [0.1, 0.15) is 12.0 Å². The van der Waals surface area contributed by atoms with Crippen molar-refractivity contribution < 1.29 is 4.79 Å².